The van der Waals surface area contributed by atoms with E-state index in [0.29, 0.717) is 5.56 Å². The molecule has 0 aliphatic heterocycles. The van der Waals surface area contributed by atoms with Crippen molar-refractivity contribution < 1.29 is 52.3 Å². The van der Waals surface area contributed by atoms with Crippen molar-refractivity contribution in [1.82, 2.24) is 0 Å². The van der Waals surface area contributed by atoms with E-state index >= 15 is 0 Å². The van der Waals surface area contributed by atoms with E-state index < -0.39 is 54.9 Å². The molecule has 0 radical (unpaired) electrons. The highest BCUT2D eigenvalue weighted by molar-refractivity contribution is 5.76. The molecule has 1 aromatic carbocycles. The summed E-state index contributed by atoms with van der Waals surface area (Å²) in [4.78, 5) is 47.8. The lowest BCUT2D eigenvalue weighted by Crippen LogP contribution is -2.39. The lowest BCUT2D eigenvalue weighted by molar-refractivity contribution is -0.155. The number of nitrogens with two attached hydrogens (primary N) is 1. The third-order valence-electron chi connectivity index (χ3n) is 4.32. The second-order valence-corrected chi connectivity index (χ2v) is 8.28. The van der Waals surface area contributed by atoms with Crippen LogP contribution in [0.1, 0.15) is 54.0 Å². The summed E-state index contributed by atoms with van der Waals surface area (Å²) in [6, 6.07) is 3.17. The zero-order valence-corrected chi connectivity index (χ0v) is 21.6. The number of rotatable bonds is 11. The van der Waals surface area contributed by atoms with Crippen molar-refractivity contribution in [3.63, 3.8) is 0 Å². The summed E-state index contributed by atoms with van der Waals surface area (Å²) in [6.45, 7) is 11.4. The molecule has 1 aromatic rings. The zero-order valence-electron chi connectivity index (χ0n) is 21.6. The monoisotopic (exact) mass is 513 g/mol. The number of hydrogen-bond acceptors (Lipinski definition) is 12. The van der Waals surface area contributed by atoms with Crippen LogP contribution >= 0.6 is 0 Å². The van der Waals surface area contributed by atoms with Crippen LogP contribution in [0, 0.1) is 0 Å². The van der Waals surface area contributed by atoms with Crippen molar-refractivity contribution in [3.05, 3.63) is 23.8 Å². The fraction of sp³-hybridized carbons (Fsp3) is 0.583. The molecule has 12 nitrogen and oxygen atoms in total. The molecule has 0 saturated heterocycles. The van der Waals surface area contributed by atoms with Crippen LogP contribution in [0.2, 0.25) is 0 Å². The molecule has 0 amide bonds. The normalized spacial score (nSPS) is 13.3. The molecule has 0 spiro atoms. The maximum absolute atomic E-state index is 12.5. The van der Waals surface area contributed by atoms with E-state index in [9.17, 15) is 19.2 Å². The standard InChI is InChI=1S/C24H35NO11/c1-8-30-22(27)34-16(7)15(6)33-21(26)18(25)11-17-9-10-19(35-23(28)31-13(2)3)20(12-17)36-24(29)32-14(4)5/h9-10,12-16,18H,8,11,25H2,1-7H3/t15-,16?,18-/m0/s1. The Morgan fingerprint density at radius 2 is 1.28 bits per heavy atom. The molecule has 2 N–H and O–H groups in total. The second kappa shape index (κ2) is 14.8. The molecule has 0 saturated carbocycles. The van der Waals surface area contributed by atoms with Crippen molar-refractivity contribution in [1.29, 1.82) is 0 Å². The van der Waals surface area contributed by atoms with Gasteiger partial charge in [-0.25, -0.2) is 14.4 Å². The van der Waals surface area contributed by atoms with Crippen LogP contribution in [0.25, 0.3) is 0 Å². The molecule has 0 aliphatic rings. The molecular formula is C24H35NO11. The Hall–Kier alpha value is -3.54. The number of esters is 1. The van der Waals surface area contributed by atoms with Crippen molar-refractivity contribution in [2.24, 2.45) is 5.73 Å². The van der Waals surface area contributed by atoms with Gasteiger partial charge < -0.3 is 38.9 Å². The predicted octanol–water partition coefficient (Wildman–Crippen LogP) is 3.90. The molecule has 0 aliphatic carbocycles. The SMILES string of the molecule is CCOC(=O)OC(C)[C@H](C)OC(=O)[C@@H](N)Cc1ccc(OC(=O)OC(C)C)c(OC(=O)OC(C)C)c1. The van der Waals surface area contributed by atoms with Crippen LogP contribution in [-0.4, -0.2) is 61.5 Å². The molecular weight excluding hydrogens is 478 g/mol. The smallest absolute Gasteiger partial charge is 0.458 e. The minimum absolute atomic E-state index is 0.00895. The first kappa shape index (κ1) is 30.5. The molecule has 36 heavy (non-hydrogen) atoms. The van der Waals surface area contributed by atoms with Crippen molar-refractivity contribution in [3.8, 4) is 11.5 Å². The number of hydrogen-bond donors (Lipinski definition) is 1. The number of benzene rings is 1. The van der Waals surface area contributed by atoms with E-state index in [4.69, 9.17) is 38.9 Å². The summed E-state index contributed by atoms with van der Waals surface area (Å²) in [5.41, 5.74) is 6.46. The fourth-order valence-electron chi connectivity index (χ4n) is 2.56. The van der Waals surface area contributed by atoms with Crippen molar-refractivity contribution in [2.75, 3.05) is 6.61 Å². The van der Waals surface area contributed by atoms with Gasteiger partial charge in [0.15, 0.2) is 11.5 Å². The highest BCUT2D eigenvalue weighted by Crippen LogP contribution is 2.30. The van der Waals surface area contributed by atoms with Gasteiger partial charge in [-0.2, -0.15) is 0 Å². The largest absolute Gasteiger partial charge is 0.514 e. The Bertz CT molecular complexity index is 900. The summed E-state index contributed by atoms with van der Waals surface area (Å²) in [5.74, 6) is -0.978. The van der Waals surface area contributed by atoms with Crippen LogP contribution in [0.15, 0.2) is 18.2 Å². The van der Waals surface area contributed by atoms with E-state index in [1.807, 2.05) is 0 Å². The Kier molecular flexibility index (Phi) is 12.5. The summed E-state index contributed by atoms with van der Waals surface area (Å²) < 4.78 is 35.2. The average molecular weight is 514 g/mol. The van der Waals surface area contributed by atoms with Gasteiger partial charge in [0.25, 0.3) is 0 Å². The number of carbonyl (C=O) groups is 4. The van der Waals surface area contributed by atoms with Crippen molar-refractivity contribution >= 4 is 24.4 Å². The quantitative estimate of drug-likeness (QED) is 0.259. The van der Waals surface area contributed by atoms with E-state index in [1.165, 1.54) is 18.2 Å². The Morgan fingerprint density at radius 3 is 1.81 bits per heavy atom. The predicted molar refractivity (Wildman–Crippen MR) is 126 cm³/mol. The maximum Gasteiger partial charge on any atom is 0.514 e. The maximum atomic E-state index is 12.5. The van der Waals surface area contributed by atoms with Crippen LogP contribution in [-0.2, 0) is 34.9 Å². The second-order valence-electron chi connectivity index (χ2n) is 8.28. The van der Waals surface area contributed by atoms with Gasteiger partial charge in [-0.05, 0) is 72.6 Å². The Morgan fingerprint density at radius 1 is 0.750 bits per heavy atom. The molecule has 1 rings (SSSR count). The summed E-state index contributed by atoms with van der Waals surface area (Å²) in [5, 5.41) is 0. The summed E-state index contributed by atoms with van der Waals surface area (Å²) >= 11 is 0. The first-order chi connectivity index (χ1) is 16.8. The van der Waals surface area contributed by atoms with E-state index in [1.54, 1.807) is 48.5 Å². The summed E-state index contributed by atoms with van der Waals surface area (Å²) in [6.07, 6.45) is -5.33. The third kappa shape index (κ3) is 11.3. The topological polar surface area (TPSA) is 159 Å². The number of ether oxygens (including phenoxy) is 7. The molecule has 1 unspecified atom stereocenters. The Labute approximate surface area is 210 Å². The Balaban J connectivity index is 2.92. The lowest BCUT2D eigenvalue weighted by atomic mass is 10.1. The van der Waals surface area contributed by atoms with Gasteiger partial charge in [-0.3, -0.25) is 4.79 Å². The van der Waals surface area contributed by atoms with Crippen LogP contribution in [0.4, 0.5) is 14.4 Å². The molecule has 0 bridgehead atoms. The minimum atomic E-state index is -1.10. The fourth-order valence-corrected chi connectivity index (χ4v) is 2.56. The van der Waals surface area contributed by atoms with Crippen LogP contribution in [0.3, 0.4) is 0 Å². The highest BCUT2D eigenvalue weighted by atomic mass is 16.8. The molecule has 12 heteroatoms. The van der Waals surface area contributed by atoms with Crippen LogP contribution in [0.5, 0.6) is 11.5 Å². The molecule has 0 aromatic heterocycles. The van der Waals surface area contributed by atoms with Gasteiger partial charge in [-0.15, -0.1) is 0 Å². The number of carbonyl (C=O) groups excluding carboxylic acids is 4. The van der Waals surface area contributed by atoms with Gasteiger partial charge in [0.2, 0.25) is 0 Å². The van der Waals surface area contributed by atoms with Gasteiger partial charge in [0, 0.05) is 0 Å². The minimum Gasteiger partial charge on any atom is -0.458 e. The van der Waals surface area contributed by atoms with Gasteiger partial charge >= 0.3 is 24.4 Å². The van der Waals surface area contributed by atoms with Crippen LogP contribution < -0.4 is 15.2 Å². The highest BCUT2D eigenvalue weighted by Gasteiger charge is 2.25. The van der Waals surface area contributed by atoms with E-state index in [0.717, 1.165) is 0 Å². The molecule has 3 atom stereocenters. The lowest BCUT2D eigenvalue weighted by Gasteiger charge is -2.22. The van der Waals surface area contributed by atoms with Gasteiger partial charge in [-0.1, -0.05) is 6.07 Å². The first-order valence-electron chi connectivity index (χ1n) is 11.5. The summed E-state index contributed by atoms with van der Waals surface area (Å²) in [7, 11) is 0. The molecule has 0 heterocycles. The van der Waals surface area contributed by atoms with E-state index in [2.05, 4.69) is 0 Å². The molecule has 0 fully saturated rings. The van der Waals surface area contributed by atoms with Crippen molar-refractivity contribution in [2.45, 2.75) is 85.3 Å². The van der Waals surface area contributed by atoms with Gasteiger partial charge in [0.05, 0.1) is 18.8 Å². The molecule has 202 valence electrons. The van der Waals surface area contributed by atoms with Gasteiger partial charge in [0.1, 0.15) is 18.2 Å². The average Bonchev–Trinajstić information content (AvgIpc) is 2.74. The zero-order chi connectivity index (χ0) is 27.4. The van der Waals surface area contributed by atoms with E-state index in [-0.39, 0.29) is 24.5 Å². The third-order valence-corrected chi connectivity index (χ3v) is 4.32. The first-order valence-corrected chi connectivity index (χ1v) is 11.5.